The minimum Gasteiger partial charge on any atom is -0.493 e. The van der Waals surface area contributed by atoms with E-state index in [1.807, 2.05) is 12.1 Å². The number of nitrogens with zero attached hydrogens (tertiary/aromatic N) is 1. The molecule has 1 heterocycles. The van der Waals surface area contributed by atoms with Gasteiger partial charge in [-0.2, -0.15) is 0 Å². The van der Waals surface area contributed by atoms with Crippen molar-refractivity contribution in [2.45, 2.75) is 19.4 Å². The molecule has 0 saturated carbocycles. The lowest BCUT2D eigenvalue weighted by Crippen LogP contribution is -2.36. The number of methoxy groups -OCH3 is 3. The van der Waals surface area contributed by atoms with Crippen molar-refractivity contribution in [2.75, 3.05) is 41.0 Å². The Morgan fingerprint density at radius 3 is 2.52 bits per heavy atom. The largest absolute Gasteiger partial charge is 0.493 e. The first-order valence-corrected chi connectivity index (χ1v) is 7.34. The SMILES string of the molecule is COc1ccc(CN2CCCC(CO)C2)c(OC)c1OC. The van der Waals surface area contributed by atoms with Crippen LogP contribution < -0.4 is 14.2 Å². The van der Waals surface area contributed by atoms with Crippen LogP contribution in [-0.2, 0) is 6.54 Å². The molecule has 1 unspecified atom stereocenters. The maximum absolute atomic E-state index is 9.34. The van der Waals surface area contributed by atoms with E-state index in [-0.39, 0.29) is 6.61 Å². The number of rotatable bonds is 6. The Kier molecular flexibility index (Phi) is 5.70. The third-order valence-corrected chi connectivity index (χ3v) is 4.04. The van der Waals surface area contributed by atoms with E-state index in [9.17, 15) is 5.11 Å². The second kappa shape index (κ2) is 7.52. The van der Waals surface area contributed by atoms with Gasteiger partial charge in [0.25, 0.3) is 0 Å². The van der Waals surface area contributed by atoms with E-state index in [4.69, 9.17) is 14.2 Å². The summed E-state index contributed by atoms with van der Waals surface area (Å²) in [7, 11) is 4.88. The van der Waals surface area contributed by atoms with Crippen LogP contribution in [0.3, 0.4) is 0 Å². The normalized spacial score (nSPS) is 19.3. The molecule has 1 saturated heterocycles. The first-order valence-electron chi connectivity index (χ1n) is 7.34. The third kappa shape index (κ3) is 3.60. The van der Waals surface area contributed by atoms with Gasteiger partial charge in [-0.25, -0.2) is 0 Å². The third-order valence-electron chi connectivity index (χ3n) is 4.04. The van der Waals surface area contributed by atoms with Crippen LogP contribution in [0.4, 0.5) is 0 Å². The molecule has 0 aliphatic carbocycles. The summed E-state index contributed by atoms with van der Waals surface area (Å²) in [4.78, 5) is 2.36. The summed E-state index contributed by atoms with van der Waals surface area (Å²) in [6.45, 7) is 3.03. The van der Waals surface area contributed by atoms with Crippen molar-refractivity contribution < 1.29 is 19.3 Å². The summed E-state index contributed by atoms with van der Waals surface area (Å²) < 4.78 is 16.3. The van der Waals surface area contributed by atoms with E-state index < -0.39 is 0 Å². The number of aliphatic hydroxyl groups excluding tert-OH is 1. The average Bonchev–Trinajstić information content (AvgIpc) is 2.54. The van der Waals surface area contributed by atoms with Crippen molar-refractivity contribution in [3.8, 4) is 17.2 Å². The van der Waals surface area contributed by atoms with Crippen molar-refractivity contribution in [3.63, 3.8) is 0 Å². The lowest BCUT2D eigenvalue weighted by molar-refractivity contribution is 0.115. The van der Waals surface area contributed by atoms with Gasteiger partial charge in [-0.1, -0.05) is 6.07 Å². The predicted octanol–water partition coefficient (Wildman–Crippen LogP) is 1.92. The lowest BCUT2D eigenvalue weighted by Gasteiger charge is -2.32. The Labute approximate surface area is 126 Å². The topological polar surface area (TPSA) is 51.2 Å². The minimum atomic E-state index is 0.263. The molecule has 1 N–H and O–H groups in total. The maximum Gasteiger partial charge on any atom is 0.203 e. The summed E-state index contributed by atoms with van der Waals surface area (Å²) in [5.74, 6) is 2.41. The molecule has 5 heteroatoms. The number of likely N-dealkylation sites (tertiary alicyclic amines) is 1. The lowest BCUT2D eigenvalue weighted by atomic mass is 9.98. The van der Waals surface area contributed by atoms with Crippen molar-refractivity contribution in [2.24, 2.45) is 5.92 Å². The molecule has 0 aromatic heterocycles. The molecule has 1 fully saturated rings. The highest BCUT2D eigenvalue weighted by molar-refractivity contribution is 5.55. The number of aliphatic hydroxyl groups is 1. The van der Waals surface area contributed by atoms with Crippen molar-refractivity contribution >= 4 is 0 Å². The summed E-state index contributed by atoms with van der Waals surface area (Å²) >= 11 is 0. The van der Waals surface area contributed by atoms with Crippen LogP contribution in [0.15, 0.2) is 12.1 Å². The molecule has 0 amide bonds. The fourth-order valence-corrected chi connectivity index (χ4v) is 2.97. The fourth-order valence-electron chi connectivity index (χ4n) is 2.97. The molecule has 1 aliphatic rings. The zero-order valence-corrected chi connectivity index (χ0v) is 13.1. The molecule has 1 aromatic rings. The molecular formula is C16H25NO4. The fraction of sp³-hybridized carbons (Fsp3) is 0.625. The van der Waals surface area contributed by atoms with Gasteiger partial charge in [-0.15, -0.1) is 0 Å². The van der Waals surface area contributed by atoms with Gasteiger partial charge in [0.05, 0.1) is 21.3 Å². The Bertz CT molecular complexity index is 464. The van der Waals surface area contributed by atoms with Crippen molar-refractivity contribution in [1.29, 1.82) is 0 Å². The Morgan fingerprint density at radius 1 is 1.14 bits per heavy atom. The van der Waals surface area contributed by atoms with Gasteiger partial charge in [-0.05, 0) is 31.4 Å². The van der Waals surface area contributed by atoms with Gasteiger partial charge >= 0.3 is 0 Å². The van der Waals surface area contributed by atoms with Crippen LogP contribution in [-0.4, -0.2) is 51.0 Å². The predicted molar refractivity (Wildman–Crippen MR) is 81.2 cm³/mol. The van der Waals surface area contributed by atoms with Gasteiger partial charge in [0.1, 0.15) is 0 Å². The van der Waals surface area contributed by atoms with Crippen LogP contribution in [0.25, 0.3) is 0 Å². The summed E-state index contributed by atoms with van der Waals surface area (Å²) in [6, 6.07) is 3.92. The highest BCUT2D eigenvalue weighted by Gasteiger charge is 2.22. The van der Waals surface area contributed by atoms with Gasteiger partial charge in [0, 0.05) is 25.3 Å². The van der Waals surface area contributed by atoms with Crippen LogP contribution >= 0.6 is 0 Å². The molecule has 0 spiro atoms. The van der Waals surface area contributed by atoms with Gasteiger partial charge < -0.3 is 19.3 Å². The average molecular weight is 295 g/mol. The van der Waals surface area contributed by atoms with Crippen LogP contribution in [0.2, 0.25) is 0 Å². The van der Waals surface area contributed by atoms with E-state index in [2.05, 4.69) is 4.90 Å². The number of hydrogen-bond donors (Lipinski definition) is 1. The highest BCUT2D eigenvalue weighted by atomic mass is 16.5. The molecule has 0 bridgehead atoms. The second-order valence-electron chi connectivity index (χ2n) is 5.42. The monoisotopic (exact) mass is 295 g/mol. The van der Waals surface area contributed by atoms with E-state index in [1.165, 1.54) is 0 Å². The summed E-state index contributed by atoms with van der Waals surface area (Å²) in [5.41, 5.74) is 1.08. The Balaban J connectivity index is 2.19. The first-order chi connectivity index (χ1) is 10.2. The van der Waals surface area contributed by atoms with E-state index in [1.54, 1.807) is 21.3 Å². The molecule has 0 radical (unpaired) electrons. The van der Waals surface area contributed by atoms with Gasteiger partial charge in [0.2, 0.25) is 5.75 Å². The maximum atomic E-state index is 9.34. The van der Waals surface area contributed by atoms with Crippen molar-refractivity contribution in [1.82, 2.24) is 4.90 Å². The molecule has 1 aliphatic heterocycles. The second-order valence-corrected chi connectivity index (χ2v) is 5.42. The summed E-state index contributed by atoms with van der Waals surface area (Å²) in [5, 5.41) is 9.34. The Hall–Kier alpha value is -1.46. The smallest absolute Gasteiger partial charge is 0.203 e. The summed E-state index contributed by atoms with van der Waals surface area (Å²) in [6.07, 6.45) is 2.23. The van der Waals surface area contributed by atoms with E-state index in [0.29, 0.717) is 17.4 Å². The van der Waals surface area contributed by atoms with Crippen LogP contribution in [0.5, 0.6) is 17.2 Å². The zero-order valence-electron chi connectivity index (χ0n) is 13.1. The first kappa shape index (κ1) is 15.9. The van der Waals surface area contributed by atoms with Crippen molar-refractivity contribution in [3.05, 3.63) is 17.7 Å². The quantitative estimate of drug-likeness (QED) is 0.869. The van der Waals surface area contributed by atoms with E-state index in [0.717, 1.165) is 43.8 Å². The van der Waals surface area contributed by atoms with E-state index >= 15 is 0 Å². The number of ether oxygens (including phenoxy) is 3. The molecule has 1 atom stereocenters. The number of benzene rings is 1. The van der Waals surface area contributed by atoms with Gasteiger partial charge in [0.15, 0.2) is 11.5 Å². The van der Waals surface area contributed by atoms with Crippen LogP contribution in [0, 0.1) is 5.92 Å². The zero-order chi connectivity index (χ0) is 15.2. The molecular weight excluding hydrogens is 270 g/mol. The number of hydrogen-bond acceptors (Lipinski definition) is 5. The molecule has 5 nitrogen and oxygen atoms in total. The highest BCUT2D eigenvalue weighted by Crippen LogP contribution is 2.40. The molecule has 1 aromatic carbocycles. The molecule has 118 valence electrons. The minimum absolute atomic E-state index is 0.263. The Morgan fingerprint density at radius 2 is 1.90 bits per heavy atom. The molecule has 2 rings (SSSR count). The molecule has 21 heavy (non-hydrogen) atoms. The van der Waals surface area contributed by atoms with Gasteiger partial charge in [-0.3, -0.25) is 4.90 Å². The van der Waals surface area contributed by atoms with Crippen LogP contribution in [0.1, 0.15) is 18.4 Å². The standard InChI is InChI=1S/C16H25NO4/c1-19-14-7-6-13(15(20-2)16(14)21-3)10-17-8-4-5-12(9-17)11-18/h6-7,12,18H,4-5,8-11H2,1-3H3. The number of piperidine rings is 1.